The van der Waals surface area contributed by atoms with Crippen LogP contribution in [0.5, 0.6) is 0 Å². The summed E-state index contributed by atoms with van der Waals surface area (Å²) in [7, 11) is 0. The zero-order valence-corrected chi connectivity index (χ0v) is 19.9. The highest BCUT2D eigenvalue weighted by atomic mass is 35.5. The Morgan fingerprint density at radius 2 is 1.59 bits per heavy atom. The fourth-order valence-electron chi connectivity index (χ4n) is 4.27. The van der Waals surface area contributed by atoms with Crippen LogP contribution in [0, 0.1) is 0 Å². The average molecular weight is 492 g/mol. The fraction of sp³-hybridized carbons (Fsp3) is 0.185. The number of amides is 1. The molecule has 1 unspecified atom stereocenters. The Balaban J connectivity index is 1.36. The zero-order chi connectivity index (χ0) is 23.5. The van der Waals surface area contributed by atoms with Gasteiger partial charge in [-0.3, -0.25) is 9.69 Å². The average Bonchev–Trinajstić information content (AvgIpc) is 3.34. The van der Waals surface area contributed by atoms with E-state index in [1.807, 2.05) is 59.5 Å². The summed E-state index contributed by atoms with van der Waals surface area (Å²) in [5.74, 6) is 1.40. The van der Waals surface area contributed by atoms with Crippen molar-refractivity contribution in [2.75, 3.05) is 19.6 Å². The molecule has 5 nitrogen and oxygen atoms in total. The molecule has 1 fully saturated rings. The van der Waals surface area contributed by atoms with Crippen LogP contribution in [0.4, 0.5) is 0 Å². The summed E-state index contributed by atoms with van der Waals surface area (Å²) in [6.45, 7) is 2.61. The zero-order valence-electron chi connectivity index (χ0n) is 18.4. The summed E-state index contributed by atoms with van der Waals surface area (Å²) in [5, 5.41) is 1.28. The van der Waals surface area contributed by atoms with Crippen LogP contribution in [-0.4, -0.2) is 40.3 Å². The molecule has 0 N–H and O–H groups in total. The van der Waals surface area contributed by atoms with Crippen LogP contribution in [0.1, 0.15) is 27.7 Å². The maximum absolute atomic E-state index is 13.4. The number of oxazole rings is 1. The molecule has 1 aliphatic heterocycles. The van der Waals surface area contributed by atoms with E-state index in [0.29, 0.717) is 41.1 Å². The molecule has 0 bridgehead atoms. The number of benzene rings is 3. The van der Waals surface area contributed by atoms with Crippen molar-refractivity contribution in [3.63, 3.8) is 0 Å². The molecule has 1 aliphatic rings. The Bertz CT molecular complexity index is 1260. The predicted molar refractivity (Wildman–Crippen MR) is 134 cm³/mol. The molecule has 0 radical (unpaired) electrons. The number of halogens is 2. The van der Waals surface area contributed by atoms with Gasteiger partial charge in [0.05, 0.1) is 18.8 Å². The van der Waals surface area contributed by atoms with Gasteiger partial charge in [-0.05, 0) is 54.1 Å². The van der Waals surface area contributed by atoms with Gasteiger partial charge in [-0.1, -0.05) is 53.5 Å². The second-order valence-electron chi connectivity index (χ2n) is 8.31. The van der Waals surface area contributed by atoms with Gasteiger partial charge in [0.1, 0.15) is 5.76 Å². The number of carbonyl (C=O) groups is 1. The first kappa shape index (κ1) is 22.7. The van der Waals surface area contributed by atoms with Gasteiger partial charge in [0, 0.05) is 40.8 Å². The Morgan fingerprint density at radius 1 is 0.912 bits per heavy atom. The van der Waals surface area contributed by atoms with Gasteiger partial charge in [-0.25, -0.2) is 4.98 Å². The minimum Gasteiger partial charge on any atom is -0.440 e. The third kappa shape index (κ3) is 5.02. The minimum atomic E-state index is -0.120. The Hall–Kier alpha value is -3.12. The molecule has 2 heterocycles. The Labute approximate surface area is 208 Å². The van der Waals surface area contributed by atoms with E-state index in [1.165, 1.54) is 0 Å². The molecule has 172 valence electrons. The van der Waals surface area contributed by atoms with Crippen molar-refractivity contribution < 1.29 is 9.21 Å². The lowest BCUT2D eigenvalue weighted by atomic mass is 10.0. The van der Waals surface area contributed by atoms with Crippen molar-refractivity contribution in [2.45, 2.75) is 12.6 Å². The first-order chi connectivity index (χ1) is 16.6. The van der Waals surface area contributed by atoms with Gasteiger partial charge in [0.2, 0.25) is 5.89 Å². The summed E-state index contributed by atoms with van der Waals surface area (Å²) in [4.78, 5) is 22.1. The van der Waals surface area contributed by atoms with Gasteiger partial charge in [-0.15, -0.1) is 0 Å². The van der Waals surface area contributed by atoms with Crippen molar-refractivity contribution >= 4 is 29.1 Å². The number of carbonyl (C=O) groups excluding carboxylic acids is 1. The van der Waals surface area contributed by atoms with Gasteiger partial charge in [0.15, 0.2) is 0 Å². The van der Waals surface area contributed by atoms with Crippen LogP contribution in [0.3, 0.4) is 0 Å². The molecule has 4 aromatic rings. The summed E-state index contributed by atoms with van der Waals surface area (Å²) in [5.41, 5.74) is 2.62. The number of aromatic nitrogens is 1. The molecule has 1 atom stereocenters. The van der Waals surface area contributed by atoms with Crippen LogP contribution in [0.15, 0.2) is 89.5 Å². The minimum absolute atomic E-state index is 0.0118. The molecule has 1 saturated heterocycles. The Kier molecular flexibility index (Phi) is 6.68. The predicted octanol–water partition coefficient (Wildman–Crippen LogP) is 6.35. The second kappa shape index (κ2) is 10.0. The summed E-state index contributed by atoms with van der Waals surface area (Å²) < 4.78 is 6.02. The van der Waals surface area contributed by atoms with E-state index in [9.17, 15) is 4.79 Å². The van der Waals surface area contributed by atoms with Gasteiger partial charge in [-0.2, -0.15) is 0 Å². The number of piperazine rings is 1. The maximum atomic E-state index is 13.4. The molecule has 5 rings (SSSR count). The van der Waals surface area contributed by atoms with E-state index < -0.39 is 0 Å². The van der Waals surface area contributed by atoms with Crippen molar-refractivity contribution in [1.29, 1.82) is 0 Å². The number of hydrogen-bond donors (Lipinski definition) is 0. The van der Waals surface area contributed by atoms with E-state index in [2.05, 4.69) is 9.88 Å². The quantitative estimate of drug-likeness (QED) is 0.326. The normalized spacial score (nSPS) is 16.5. The molecule has 34 heavy (non-hydrogen) atoms. The maximum Gasteiger partial charge on any atom is 0.254 e. The van der Waals surface area contributed by atoms with Crippen molar-refractivity contribution in [3.8, 4) is 11.5 Å². The highest BCUT2D eigenvalue weighted by Gasteiger charge is 2.32. The lowest BCUT2D eigenvalue weighted by molar-refractivity contribution is 0.0422. The molecule has 3 aromatic carbocycles. The summed E-state index contributed by atoms with van der Waals surface area (Å²) in [6, 6.07) is 24.5. The van der Waals surface area contributed by atoms with Crippen molar-refractivity contribution in [1.82, 2.24) is 14.8 Å². The molecule has 1 amide bonds. The summed E-state index contributed by atoms with van der Waals surface area (Å²) in [6.07, 6.45) is 1.78. The third-order valence-electron chi connectivity index (χ3n) is 6.03. The highest BCUT2D eigenvalue weighted by Crippen LogP contribution is 2.30. The van der Waals surface area contributed by atoms with Crippen LogP contribution in [0.25, 0.3) is 11.5 Å². The Morgan fingerprint density at radius 3 is 2.29 bits per heavy atom. The topological polar surface area (TPSA) is 49.6 Å². The molecular weight excluding hydrogens is 469 g/mol. The monoisotopic (exact) mass is 491 g/mol. The van der Waals surface area contributed by atoms with E-state index in [4.69, 9.17) is 27.6 Å². The van der Waals surface area contributed by atoms with Gasteiger partial charge >= 0.3 is 0 Å². The SMILES string of the molecule is O=C(c1ccc(Cl)cc1)N1CCN(Cc2cnc(-c3ccccc3)o2)CC1c1ccc(Cl)cc1. The van der Waals surface area contributed by atoms with Crippen LogP contribution in [-0.2, 0) is 6.54 Å². The first-order valence-corrected chi connectivity index (χ1v) is 11.9. The van der Waals surface area contributed by atoms with E-state index in [-0.39, 0.29) is 11.9 Å². The molecule has 7 heteroatoms. The fourth-order valence-corrected chi connectivity index (χ4v) is 4.52. The number of nitrogens with zero attached hydrogens (tertiary/aromatic N) is 3. The number of rotatable bonds is 5. The summed E-state index contributed by atoms with van der Waals surface area (Å²) >= 11 is 12.1. The smallest absolute Gasteiger partial charge is 0.254 e. The number of hydrogen-bond acceptors (Lipinski definition) is 4. The standard InChI is InChI=1S/C27H23Cl2N3O2/c28-22-10-6-19(7-11-22)25-18-31(14-15-32(25)27(33)21-8-12-23(29)13-9-21)17-24-16-30-26(34-24)20-4-2-1-3-5-20/h1-13,16,25H,14-15,17-18H2. The van der Waals surface area contributed by atoms with Crippen LogP contribution in [0.2, 0.25) is 10.0 Å². The molecule has 0 spiro atoms. The van der Waals surface area contributed by atoms with Crippen molar-refractivity contribution in [2.24, 2.45) is 0 Å². The lowest BCUT2D eigenvalue weighted by Gasteiger charge is -2.41. The second-order valence-corrected chi connectivity index (χ2v) is 9.18. The van der Waals surface area contributed by atoms with Crippen LogP contribution >= 0.6 is 23.2 Å². The molecule has 0 aliphatic carbocycles. The van der Waals surface area contributed by atoms with E-state index in [0.717, 1.165) is 23.4 Å². The lowest BCUT2D eigenvalue weighted by Crippen LogP contribution is -2.50. The molecular formula is C27H23Cl2N3O2. The first-order valence-electron chi connectivity index (χ1n) is 11.1. The van der Waals surface area contributed by atoms with Gasteiger partial charge < -0.3 is 9.32 Å². The highest BCUT2D eigenvalue weighted by molar-refractivity contribution is 6.30. The third-order valence-corrected chi connectivity index (χ3v) is 6.53. The van der Waals surface area contributed by atoms with Crippen LogP contribution < -0.4 is 0 Å². The molecule has 1 aromatic heterocycles. The van der Waals surface area contributed by atoms with E-state index >= 15 is 0 Å². The van der Waals surface area contributed by atoms with E-state index in [1.54, 1.807) is 30.5 Å². The van der Waals surface area contributed by atoms with Crippen molar-refractivity contribution in [3.05, 3.63) is 112 Å². The largest absolute Gasteiger partial charge is 0.440 e. The van der Waals surface area contributed by atoms with Gasteiger partial charge in [0.25, 0.3) is 5.91 Å². The molecule has 0 saturated carbocycles.